The summed E-state index contributed by atoms with van der Waals surface area (Å²) in [5.41, 5.74) is 1.01. The number of nitrogens with zero attached hydrogens (tertiary/aromatic N) is 3. The molecule has 104 valence electrons. The average Bonchev–Trinajstić information content (AvgIpc) is 2.37. The Bertz CT molecular complexity index is 658. The van der Waals surface area contributed by atoms with Crippen LogP contribution in [0.3, 0.4) is 0 Å². The highest BCUT2D eigenvalue weighted by Gasteiger charge is 2.24. The number of aromatic nitrogens is 2. The Hall–Kier alpha value is -2.70. The lowest BCUT2D eigenvalue weighted by Gasteiger charge is -2.08. The molecular weight excluding hydrogens is 260 g/mol. The molecule has 0 aliphatic carbocycles. The fraction of sp³-hybridized carbons (Fsp3) is 0.231. The molecule has 1 N–H and O–H groups in total. The molecule has 1 heterocycles. The SMILES string of the molecule is CNc1nc(C)c([N+](=O)[O-])c(Oc2cccc(C)c2)n1. The van der Waals surface area contributed by atoms with Crippen molar-refractivity contribution < 1.29 is 9.66 Å². The summed E-state index contributed by atoms with van der Waals surface area (Å²) in [5.74, 6) is 0.696. The third-order valence-corrected chi connectivity index (χ3v) is 2.64. The third-order valence-electron chi connectivity index (χ3n) is 2.64. The third kappa shape index (κ3) is 2.82. The minimum absolute atomic E-state index is 0.0718. The molecule has 0 radical (unpaired) electrons. The second-order valence-corrected chi connectivity index (χ2v) is 4.21. The fourth-order valence-electron chi connectivity index (χ4n) is 1.72. The Morgan fingerprint density at radius 1 is 1.30 bits per heavy atom. The molecule has 0 amide bonds. The van der Waals surface area contributed by atoms with Gasteiger partial charge < -0.3 is 10.1 Å². The van der Waals surface area contributed by atoms with Crippen LogP contribution in [0.25, 0.3) is 0 Å². The van der Waals surface area contributed by atoms with Gasteiger partial charge in [0.05, 0.1) is 4.92 Å². The number of benzene rings is 1. The van der Waals surface area contributed by atoms with Crippen molar-refractivity contribution in [3.63, 3.8) is 0 Å². The summed E-state index contributed by atoms with van der Waals surface area (Å²) < 4.78 is 5.54. The molecule has 0 spiro atoms. The van der Waals surface area contributed by atoms with Crippen molar-refractivity contribution in [1.82, 2.24) is 9.97 Å². The van der Waals surface area contributed by atoms with E-state index in [1.807, 2.05) is 19.1 Å². The maximum atomic E-state index is 11.1. The van der Waals surface area contributed by atoms with E-state index in [1.165, 1.54) is 0 Å². The molecule has 0 saturated carbocycles. The van der Waals surface area contributed by atoms with Gasteiger partial charge in [0.15, 0.2) is 0 Å². The Kier molecular flexibility index (Phi) is 3.79. The minimum Gasteiger partial charge on any atom is -0.434 e. The molecule has 2 rings (SSSR count). The van der Waals surface area contributed by atoms with Gasteiger partial charge >= 0.3 is 11.6 Å². The molecule has 1 aromatic heterocycles. The topological polar surface area (TPSA) is 90.2 Å². The van der Waals surface area contributed by atoms with E-state index in [1.54, 1.807) is 26.1 Å². The summed E-state index contributed by atoms with van der Waals surface area (Å²) in [4.78, 5) is 18.6. The largest absolute Gasteiger partial charge is 0.434 e. The summed E-state index contributed by atoms with van der Waals surface area (Å²) in [6.45, 7) is 3.45. The van der Waals surface area contributed by atoms with E-state index in [-0.39, 0.29) is 23.2 Å². The normalized spacial score (nSPS) is 10.2. The molecule has 7 heteroatoms. The van der Waals surface area contributed by atoms with Gasteiger partial charge in [-0.05, 0) is 31.5 Å². The second kappa shape index (κ2) is 5.52. The zero-order chi connectivity index (χ0) is 14.7. The fourth-order valence-corrected chi connectivity index (χ4v) is 1.72. The summed E-state index contributed by atoms with van der Waals surface area (Å²) in [6.07, 6.45) is 0. The number of nitrogens with one attached hydrogen (secondary N) is 1. The van der Waals surface area contributed by atoms with Crippen molar-refractivity contribution in [2.45, 2.75) is 13.8 Å². The van der Waals surface area contributed by atoms with Crippen molar-refractivity contribution in [2.75, 3.05) is 12.4 Å². The molecule has 0 atom stereocenters. The van der Waals surface area contributed by atoms with Gasteiger partial charge in [0.2, 0.25) is 5.95 Å². The van der Waals surface area contributed by atoms with Gasteiger partial charge in [-0.2, -0.15) is 4.98 Å². The monoisotopic (exact) mass is 274 g/mol. The van der Waals surface area contributed by atoms with Crippen molar-refractivity contribution in [3.05, 3.63) is 45.6 Å². The Balaban J connectivity index is 2.48. The Morgan fingerprint density at radius 2 is 2.05 bits per heavy atom. The maximum absolute atomic E-state index is 11.1. The second-order valence-electron chi connectivity index (χ2n) is 4.21. The first-order chi connectivity index (χ1) is 9.51. The molecule has 2 aromatic rings. The van der Waals surface area contributed by atoms with Crippen molar-refractivity contribution in [3.8, 4) is 11.6 Å². The Morgan fingerprint density at radius 3 is 2.65 bits per heavy atom. The maximum Gasteiger partial charge on any atom is 0.352 e. The van der Waals surface area contributed by atoms with Crippen LogP contribution in [0.4, 0.5) is 11.6 Å². The van der Waals surface area contributed by atoms with Crippen LogP contribution in [0.1, 0.15) is 11.3 Å². The standard InChI is InChI=1S/C13H14N4O3/c1-8-5-4-6-10(7-8)20-12-11(17(18)19)9(2)15-13(14-3)16-12/h4-7H,1-3H3,(H,14,15,16). The number of anilines is 1. The number of aryl methyl sites for hydroxylation is 2. The van der Waals surface area contributed by atoms with Crippen molar-refractivity contribution >= 4 is 11.6 Å². The molecule has 1 aromatic carbocycles. The number of nitro groups is 1. The number of hydrogen-bond acceptors (Lipinski definition) is 6. The molecule has 7 nitrogen and oxygen atoms in total. The van der Waals surface area contributed by atoms with Crippen LogP contribution in [0.15, 0.2) is 24.3 Å². The van der Waals surface area contributed by atoms with Crippen LogP contribution < -0.4 is 10.1 Å². The molecule has 0 unspecified atom stereocenters. The van der Waals surface area contributed by atoms with Gasteiger partial charge in [0, 0.05) is 7.05 Å². The van der Waals surface area contributed by atoms with E-state index in [4.69, 9.17) is 4.74 Å². The highest BCUT2D eigenvalue weighted by molar-refractivity contribution is 5.50. The molecular formula is C13H14N4O3. The van der Waals surface area contributed by atoms with Gasteiger partial charge in [0.1, 0.15) is 11.4 Å². The van der Waals surface area contributed by atoms with Crippen LogP contribution in [-0.2, 0) is 0 Å². The van der Waals surface area contributed by atoms with Crippen LogP contribution in [0.2, 0.25) is 0 Å². The lowest BCUT2D eigenvalue weighted by atomic mass is 10.2. The smallest absolute Gasteiger partial charge is 0.352 e. The van der Waals surface area contributed by atoms with Gasteiger partial charge in [-0.15, -0.1) is 0 Å². The van der Waals surface area contributed by atoms with E-state index >= 15 is 0 Å². The summed E-state index contributed by atoms with van der Waals surface area (Å²) in [5, 5.41) is 13.9. The van der Waals surface area contributed by atoms with E-state index in [0.717, 1.165) is 5.56 Å². The first-order valence-electron chi connectivity index (χ1n) is 5.96. The molecule has 0 aliphatic rings. The predicted octanol–water partition coefficient (Wildman–Crippen LogP) is 2.84. The van der Waals surface area contributed by atoms with Gasteiger partial charge in [-0.25, -0.2) is 4.98 Å². The van der Waals surface area contributed by atoms with Gasteiger partial charge in [0.25, 0.3) is 0 Å². The number of ether oxygens (including phenoxy) is 1. The van der Waals surface area contributed by atoms with Crippen molar-refractivity contribution in [1.29, 1.82) is 0 Å². The first kappa shape index (κ1) is 13.7. The zero-order valence-corrected chi connectivity index (χ0v) is 11.4. The Labute approximate surface area is 115 Å². The number of rotatable bonds is 4. The predicted molar refractivity (Wildman–Crippen MR) is 74.2 cm³/mol. The summed E-state index contributed by atoms with van der Waals surface area (Å²) in [7, 11) is 1.64. The molecule has 20 heavy (non-hydrogen) atoms. The van der Waals surface area contributed by atoms with E-state index in [0.29, 0.717) is 5.75 Å². The zero-order valence-electron chi connectivity index (χ0n) is 11.4. The lowest BCUT2D eigenvalue weighted by Crippen LogP contribution is -2.05. The highest BCUT2D eigenvalue weighted by atomic mass is 16.6. The van der Waals surface area contributed by atoms with Crippen LogP contribution in [-0.4, -0.2) is 21.9 Å². The van der Waals surface area contributed by atoms with Crippen LogP contribution in [0, 0.1) is 24.0 Å². The highest BCUT2D eigenvalue weighted by Crippen LogP contribution is 2.32. The minimum atomic E-state index is -0.542. The van der Waals surface area contributed by atoms with Crippen LogP contribution in [0.5, 0.6) is 11.6 Å². The number of hydrogen-bond donors (Lipinski definition) is 1. The van der Waals surface area contributed by atoms with Crippen molar-refractivity contribution in [2.24, 2.45) is 0 Å². The molecule has 0 saturated heterocycles. The van der Waals surface area contributed by atoms with Crippen LogP contribution >= 0.6 is 0 Å². The summed E-state index contributed by atoms with van der Waals surface area (Å²) in [6, 6.07) is 7.21. The van der Waals surface area contributed by atoms with E-state index < -0.39 is 4.92 Å². The molecule has 0 fully saturated rings. The first-order valence-corrected chi connectivity index (χ1v) is 5.96. The molecule has 0 aliphatic heterocycles. The quantitative estimate of drug-likeness (QED) is 0.681. The lowest BCUT2D eigenvalue weighted by molar-refractivity contribution is -0.386. The van der Waals surface area contributed by atoms with E-state index in [2.05, 4.69) is 15.3 Å². The van der Waals surface area contributed by atoms with E-state index in [9.17, 15) is 10.1 Å². The molecule has 0 bridgehead atoms. The average molecular weight is 274 g/mol. The summed E-state index contributed by atoms with van der Waals surface area (Å²) >= 11 is 0. The van der Waals surface area contributed by atoms with Gasteiger partial charge in [-0.1, -0.05) is 12.1 Å². The van der Waals surface area contributed by atoms with Gasteiger partial charge in [-0.3, -0.25) is 10.1 Å².